The molecule has 0 aliphatic carbocycles. The van der Waals surface area contributed by atoms with Crippen LogP contribution in [0.15, 0.2) is 78.9 Å². The van der Waals surface area contributed by atoms with Gasteiger partial charge in [0.2, 0.25) is 0 Å². The molecule has 4 heteroatoms. The van der Waals surface area contributed by atoms with Gasteiger partial charge in [0.05, 0.1) is 0 Å². The van der Waals surface area contributed by atoms with E-state index in [2.05, 4.69) is 57.2 Å². The average molecular weight is 523 g/mol. The summed E-state index contributed by atoms with van der Waals surface area (Å²) in [6.45, 7) is 6.60. The maximum Gasteiger partial charge on any atom is 0.150 e. The average Bonchev–Trinajstić information content (AvgIpc) is 2.98. The Morgan fingerprint density at radius 3 is 1.23 bits per heavy atom. The molecule has 0 saturated carbocycles. The van der Waals surface area contributed by atoms with Gasteiger partial charge < -0.3 is 0 Å². The van der Waals surface area contributed by atoms with E-state index in [1.54, 1.807) is 36.4 Å². The second-order valence-corrected chi connectivity index (χ2v) is 11.4. The first-order valence-corrected chi connectivity index (χ1v) is 13.1. The molecule has 194 valence electrons. The molecule has 6 aromatic carbocycles. The molecule has 0 radical (unpaired) electrons. The number of hydrogen-bond acceptors (Lipinski definition) is 4. The summed E-state index contributed by atoms with van der Waals surface area (Å²) in [6.07, 6.45) is 2.97. The fourth-order valence-electron chi connectivity index (χ4n) is 5.76. The fraction of sp³-hybridized carbons (Fsp3) is 0.111. The molecule has 0 bridgehead atoms. The molecule has 0 heterocycles. The Labute approximate surface area is 231 Å². The van der Waals surface area contributed by atoms with Crippen LogP contribution < -0.4 is 0 Å². The maximum atomic E-state index is 11.8. The monoisotopic (exact) mass is 522 g/mol. The molecule has 6 aromatic rings. The number of benzene rings is 6. The molecule has 0 unspecified atom stereocenters. The van der Waals surface area contributed by atoms with Gasteiger partial charge in [-0.15, -0.1) is 0 Å². The van der Waals surface area contributed by atoms with E-state index in [0.29, 0.717) is 22.3 Å². The molecule has 0 saturated heterocycles. The van der Waals surface area contributed by atoms with E-state index in [1.807, 2.05) is 6.07 Å². The van der Waals surface area contributed by atoms with E-state index in [4.69, 9.17) is 0 Å². The van der Waals surface area contributed by atoms with Crippen LogP contribution >= 0.6 is 0 Å². The van der Waals surface area contributed by atoms with E-state index in [-0.39, 0.29) is 5.41 Å². The van der Waals surface area contributed by atoms with Crippen LogP contribution in [0.2, 0.25) is 0 Å². The van der Waals surface area contributed by atoms with Gasteiger partial charge >= 0.3 is 0 Å². The van der Waals surface area contributed by atoms with Crippen molar-refractivity contribution in [3.05, 3.63) is 107 Å². The first-order valence-electron chi connectivity index (χ1n) is 13.1. The van der Waals surface area contributed by atoms with Crippen molar-refractivity contribution >= 4 is 57.5 Å². The second kappa shape index (κ2) is 9.35. The van der Waals surface area contributed by atoms with Crippen LogP contribution in [0, 0.1) is 0 Å². The van der Waals surface area contributed by atoms with Gasteiger partial charge in [-0.1, -0.05) is 57.2 Å². The summed E-state index contributed by atoms with van der Waals surface area (Å²) in [5, 5.41) is 6.39. The maximum absolute atomic E-state index is 11.8. The predicted molar refractivity (Wildman–Crippen MR) is 161 cm³/mol. The summed E-state index contributed by atoms with van der Waals surface area (Å²) in [5.41, 5.74) is 6.04. The SMILES string of the molecule is CC(C)(C)c1cc2ccc3c(-c4cc(C=O)cc(C=O)c4)cc(-c4cc(C=O)cc(C=O)c4)c4ccc(c1)c2c34. The summed E-state index contributed by atoms with van der Waals surface area (Å²) in [4.78, 5) is 47.0. The van der Waals surface area contributed by atoms with Crippen LogP contribution in [0.5, 0.6) is 0 Å². The number of rotatable bonds is 6. The standard InChI is InChI=1S/C36H26O4/c1-36(2,3)29-14-25-4-6-30-32(27-10-21(17-37)8-22(11-27)18-38)16-33(28-12-23(19-39)9-24(13-28)20-40)31-7-5-26(15-29)34(25)35(30)31/h4-20H,1-3H3. The lowest BCUT2D eigenvalue weighted by atomic mass is 9.81. The third-order valence-corrected chi connectivity index (χ3v) is 7.70. The Hall–Kier alpha value is -4.96. The van der Waals surface area contributed by atoms with Crippen LogP contribution in [0.25, 0.3) is 54.6 Å². The van der Waals surface area contributed by atoms with E-state index < -0.39 is 0 Å². The van der Waals surface area contributed by atoms with Crippen LogP contribution in [0.3, 0.4) is 0 Å². The first kappa shape index (κ1) is 25.3. The van der Waals surface area contributed by atoms with Crippen molar-refractivity contribution in [3.63, 3.8) is 0 Å². The Morgan fingerprint density at radius 1 is 0.475 bits per heavy atom. The minimum Gasteiger partial charge on any atom is -0.298 e. The summed E-state index contributed by atoms with van der Waals surface area (Å²) in [6, 6.07) is 25.2. The molecule has 4 nitrogen and oxygen atoms in total. The van der Waals surface area contributed by atoms with E-state index in [1.165, 1.54) is 5.56 Å². The molecule has 0 N–H and O–H groups in total. The second-order valence-electron chi connectivity index (χ2n) is 11.4. The lowest BCUT2D eigenvalue weighted by Gasteiger charge is -2.23. The fourth-order valence-corrected chi connectivity index (χ4v) is 5.76. The van der Waals surface area contributed by atoms with Gasteiger partial charge in [-0.2, -0.15) is 0 Å². The third kappa shape index (κ3) is 4.09. The smallest absolute Gasteiger partial charge is 0.150 e. The molecule has 40 heavy (non-hydrogen) atoms. The molecular formula is C36H26O4. The summed E-state index contributed by atoms with van der Waals surface area (Å²) >= 11 is 0. The minimum absolute atomic E-state index is 0.0260. The van der Waals surface area contributed by atoms with Crippen LogP contribution in [-0.2, 0) is 5.41 Å². The molecule has 6 rings (SSSR count). The Balaban J connectivity index is 1.80. The van der Waals surface area contributed by atoms with Crippen molar-refractivity contribution in [3.8, 4) is 22.3 Å². The van der Waals surface area contributed by atoms with Crippen molar-refractivity contribution in [1.82, 2.24) is 0 Å². The van der Waals surface area contributed by atoms with Crippen molar-refractivity contribution in [2.45, 2.75) is 26.2 Å². The van der Waals surface area contributed by atoms with E-state index in [9.17, 15) is 19.2 Å². The molecule has 0 aromatic heterocycles. The molecule has 0 fully saturated rings. The minimum atomic E-state index is -0.0260. The molecule has 0 aliphatic rings. The zero-order valence-corrected chi connectivity index (χ0v) is 22.4. The van der Waals surface area contributed by atoms with Gasteiger partial charge in [-0.05, 0) is 108 Å². The summed E-state index contributed by atoms with van der Waals surface area (Å²) in [7, 11) is 0. The summed E-state index contributed by atoms with van der Waals surface area (Å²) in [5.74, 6) is 0. The van der Waals surface area contributed by atoms with Crippen LogP contribution in [0.4, 0.5) is 0 Å². The van der Waals surface area contributed by atoms with Gasteiger partial charge in [0, 0.05) is 22.3 Å². The quantitative estimate of drug-likeness (QED) is 0.163. The largest absolute Gasteiger partial charge is 0.298 e. The van der Waals surface area contributed by atoms with Gasteiger partial charge in [-0.25, -0.2) is 0 Å². The molecule has 0 atom stereocenters. The van der Waals surface area contributed by atoms with E-state index >= 15 is 0 Å². The van der Waals surface area contributed by atoms with Gasteiger partial charge in [0.1, 0.15) is 25.1 Å². The third-order valence-electron chi connectivity index (χ3n) is 7.70. The Bertz CT molecular complexity index is 1820. The first-order chi connectivity index (χ1) is 19.2. The lowest BCUT2D eigenvalue weighted by Crippen LogP contribution is -2.10. The van der Waals surface area contributed by atoms with E-state index in [0.717, 1.165) is 79.7 Å². The topological polar surface area (TPSA) is 68.3 Å². The molecule has 0 aliphatic heterocycles. The number of hydrogen-bond donors (Lipinski definition) is 0. The van der Waals surface area contributed by atoms with Crippen LogP contribution in [0.1, 0.15) is 67.8 Å². The molecule has 0 amide bonds. The highest BCUT2D eigenvalue weighted by Crippen LogP contribution is 2.45. The van der Waals surface area contributed by atoms with Crippen molar-refractivity contribution in [2.75, 3.05) is 0 Å². The van der Waals surface area contributed by atoms with Crippen molar-refractivity contribution in [1.29, 1.82) is 0 Å². The summed E-state index contributed by atoms with van der Waals surface area (Å²) < 4.78 is 0. The number of carbonyl (C=O) groups excluding carboxylic acids is 4. The zero-order valence-electron chi connectivity index (χ0n) is 22.4. The zero-order chi connectivity index (χ0) is 28.2. The predicted octanol–water partition coefficient (Wildman–Crippen LogP) is 8.47. The highest BCUT2D eigenvalue weighted by molar-refractivity contribution is 6.28. The molecular weight excluding hydrogens is 496 g/mol. The Kier molecular flexibility index (Phi) is 5.92. The van der Waals surface area contributed by atoms with Crippen molar-refractivity contribution in [2.24, 2.45) is 0 Å². The van der Waals surface area contributed by atoms with Gasteiger partial charge in [0.25, 0.3) is 0 Å². The lowest BCUT2D eigenvalue weighted by molar-refractivity contribution is 0.111. The van der Waals surface area contributed by atoms with Crippen LogP contribution in [-0.4, -0.2) is 25.1 Å². The highest BCUT2D eigenvalue weighted by atomic mass is 16.1. The highest BCUT2D eigenvalue weighted by Gasteiger charge is 2.21. The van der Waals surface area contributed by atoms with Gasteiger partial charge in [-0.3, -0.25) is 19.2 Å². The van der Waals surface area contributed by atoms with Crippen molar-refractivity contribution < 1.29 is 19.2 Å². The normalized spacial score (nSPS) is 11.8. The van der Waals surface area contributed by atoms with Gasteiger partial charge in [0.15, 0.2) is 0 Å². The number of carbonyl (C=O) groups is 4. The molecule has 0 spiro atoms. The Morgan fingerprint density at radius 2 is 0.875 bits per heavy atom. The number of aldehydes is 4.